The molecule has 0 fully saturated rings. The summed E-state index contributed by atoms with van der Waals surface area (Å²) in [6.45, 7) is 5.59. The zero-order chi connectivity index (χ0) is 13.1. The standard InChI is InChI=1S/C10H17ClN2O2S2/c1-4-5-6-7(2)13-17(14,15)9-8(3)12-10(11)16-9/h7,13H,4-6H2,1-3H3. The van der Waals surface area contributed by atoms with Crippen LogP contribution in [0.1, 0.15) is 38.8 Å². The number of hydrogen-bond acceptors (Lipinski definition) is 4. The minimum absolute atomic E-state index is 0.0692. The van der Waals surface area contributed by atoms with Gasteiger partial charge in [-0.1, -0.05) is 42.7 Å². The van der Waals surface area contributed by atoms with E-state index >= 15 is 0 Å². The first-order valence-electron chi connectivity index (χ1n) is 5.52. The number of halogens is 1. The fraction of sp³-hybridized carbons (Fsp3) is 0.700. The van der Waals surface area contributed by atoms with Crippen LogP contribution in [-0.4, -0.2) is 19.4 Å². The molecular formula is C10H17ClN2O2S2. The molecule has 0 saturated heterocycles. The summed E-state index contributed by atoms with van der Waals surface area (Å²) >= 11 is 6.70. The number of nitrogens with one attached hydrogen (secondary N) is 1. The zero-order valence-corrected chi connectivity index (χ0v) is 12.5. The Kier molecular flexibility index (Phi) is 5.37. The maximum Gasteiger partial charge on any atom is 0.252 e. The minimum Gasteiger partial charge on any atom is -0.229 e. The maximum atomic E-state index is 12.0. The Hall–Kier alpha value is -0.170. The molecule has 1 aromatic rings. The Bertz CT molecular complexity index is 471. The topological polar surface area (TPSA) is 59.1 Å². The molecule has 0 aliphatic rings. The Morgan fingerprint density at radius 3 is 2.65 bits per heavy atom. The lowest BCUT2D eigenvalue weighted by atomic mass is 10.2. The molecule has 4 nitrogen and oxygen atoms in total. The van der Waals surface area contributed by atoms with Gasteiger partial charge >= 0.3 is 0 Å². The first-order chi connectivity index (χ1) is 7.86. The van der Waals surface area contributed by atoms with Crippen molar-refractivity contribution in [1.29, 1.82) is 0 Å². The molecule has 17 heavy (non-hydrogen) atoms. The maximum absolute atomic E-state index is 12.0. The van der Waals surface area contributed by atoms with E-state index in [2.05, 4.69) is 16.6 Å². The van der Waals surface area contributed by atoms with E-state index < -0.39 is 10.0 Å². The summed E-state index contributed by atoms with van der Waals surface area (Å²) in [7, 11) is -3.48. The zero-order valence-electron chi connectivity index (χ0n) is 10.2. The second kappa shape index (κ2) is 6.13. The molecular weight excluding hydrogens is 280 g/mol. The molecule has 1 heterocycles. The Morgan fingerprint density at radius 1 is 1.53 bits per heavy atom. The van der Waals surface area contributed by atoms with Crippen molar-refractivity contribution in [2.75, 3.05) is 0 Å². The van der Waals surface area contributed by atoms with Crippen molar-refractivity contribution in [3.05, 3.63) is 10.2 Å². The molecule has 0 aromatic carbocycles. The normalized spacial score (nSPS) is 13.9. The molecule has 0 amide bonds. The summed E-state index contributed by atoms with van der Waals surface area (Å²) in [5.41, 5.74) is 0.454. The monoisotopic (exact) mass is 296 g/mol. The van der Waals surface area contributed by atoms with E-state index in [1.54, 1.807) is 6.92 Å². The largest absolute Gasteiger partial charge is 0.252 e. The van der Waals surface area contributed by atoms with Gasteiger partial charge in [0.2, 0.25) is 0 Å². The summed E-state index contributed by atoms with van der Waals surface area (Å²) in [6.07, 6.45) is 2.89. The van der Waals surface area contributed by atoms with E-state index in [0.717, 1.165) is 30.6 Å². The van der Waals surface area contributed by atoms with Gasteiger partial charge in [-0.05, 0) is 20.3 Å². The van der Waals surface area contributed by atoms with Crippen molar-refractivity contribution in [2.24, 2.45) is 0 Å². The second-order valence-electron chi connectivity index (χ2n) is 4.00. The molecule has 1 aromatic heterocycles. The first kappa shape index (κ1) is 14.9. The van der Waals surface area contributed by atoms with Crippen LogP contribution in [0.4, 0.5) is 0 Å². The number of sulfonamides is 1. The van der Waals surface area contributed by atoms with Crippen LogP contribution >= 0.6 is 22.9 Å². The number of rotatable bonds is 6. The van der Waals surface area contributed by atoms with E-state index in [-0.39, 0.29) is 14.7 Å². The van der Waals surface area contributed by atoms with Crippen LogP contribution in [0.15, 0.2) is 4.21 Å². The molecule has 1 N–H and O–H groups in total. The molecule has 0 aliphatic carbocycles. The van der Waals surface area contributed by atoms with Gasteiger partial charge in [-0.25, -0.2) is 18.1 Å². The van der Waals surface area contributed by atoms with Crippen LogP contribution in [-0.2, 0) is 10.0 Å². The third kappa shape index (κ3) is 4.21. The van der Waals surface area contributed by atoms with E-state index in [9.17, 15) is 8.42 Å². The number of aromatic nitrogens is 1. The lowest BCUT2D eigenvalue weighted by molar-refractivity contribution is 0.535. The van der Waals surface area contributed by atoms with Crippen LogP contribution in [0.2, 0.25) is 4.47 Å². The van der Waals surface area contributed by atoms with Gasteiger partial charge in [-0.15, -0.1) is 0 Å². The van der Waals surface area contributed by atoms with Crippen LogP contribution in [0.25, 0.3) is 0 Å². The fourth-order valence-electron chi connectivity index (χ4n) is 1.49. The lowest BCUT2D eigenvalue weighted by Gasteiger charge is -2.12. The van der Waals surface area contributed by atoms with E-state index in [0.29, 0.717) is 5.69 Å². The Balaban J connectivity index is 2.79. The quantitative estimate of drug-likeness (QED) is 0.878. The highest BCUT2D eigenvalue weighted by molar-refractivity contribution is 7.91. The number of nitrogens with zero attached hydrogens (tertiary/aromatic N) is 1. The second-order valence-corrected chi connectivity index (χ2v) is 7.49. The van der Waals surface area contributed by atoms with Gasteiger partial charge in [0.15, 0.2) is 8.68 Å². The van der Waals surface area contributed by atoms with Crippen molar-refractivity contribution in [3.63, 3.8) is 0 Å². The highest BCUT2D eigenvalue weighted by Gasteiger charge is 2.23. The smallest absolute Gasteiger partial charge is 0.229 e. The molecule has 0 aliphatic heterocycles. The summed E-state index contributed by atoms with van der Waals surface area (Å²) < 4.78 is 27.2. The molecule has 1 atom stereocenters. The minimum atomic E-state index is -3.48. The summed E-state index contributed by atoms with van der Waals surface area (Å²) in [5, 5.41) is 0. The molecule has 0 spiro atoms. The van der Waals surface area contributed by atoms with Gasteiger partial charge in [0.1, 0.15) is 0 Å². The third-order valence-electron chi connectivity index (χ3n) is 2.32. The number of thiazole rings is 1. The van der Waals surface area contributed by atoms with Crippen molar-refractivity contribution in [1.82, 2.24) is 9.71 Å². The summed E-state index contributed by atoms with van der Waals surface area (Å²) in [6, 6.07) is -0.0692. The van der Waals surface area contributed by atoms with Crippen molar-refractivity contribution in [3.8, 4) is 0 Å². The Labute approximate surface area is 111 Å². The first-order valence-corrected chi connectivity index (χ1v) is 8.20. The molecule has 98 valence electrons. The molecule has 0 radical (unpaired) electrons. The summed E-state index contributed by atoms with van der Waals surface area (Å²) in [5.74, 6) is 0. The van der Waals surface area contributed by atoms with Gasteiger partial charge < -0.3 is 0 Å². The highest BCUT2D eigenvalue weighted by Crippen LogP contribution is 2.26. The van der Waals surface area contributed by atoms with Crippen LogP contribution in [0, 0.1) is 6.92 Å². The van der Waals surface area contributed by atoms with Gasteiger partial charge in [-0.3, -0.25) is 0 Å². The van der Waals surface area contributed by atoms with Crippen molar-refractivity contribution < 1.29 is 8.42 Å². The van der Waals surface area contributed by atoms with Crippen LogP contribution < -0.4 is 4.72 Å². The third-order valence-corrected chi connectivity index (χ3v) is 5.78. The van der Waals surface area contributed by atoms with Crippen LogP contribution in [0.3, 0.4) is 0 Å². The predicted octanol–water partition coefficient (Wildman–Crippen LogP) is 2.96. The molecule has 0 saturated carbocycles. The molecule has 0 bridgehead atoms. The predicted molar refractivity (Wildman–Crippen MR) is 71.2 cm³/mol. The number of unbranched alkanes of at least 4 members (excludes halogenated alkanes) is 1. The highest BCUT2D eigenvalue weighted by atomic mass is 35.5. The summed E-state index contributed by atoms with van der Waals surface area (Å²) in [4.78, 5) is 3.91. The molecule has 1 unspecified atom stereocenters. The average Bonchev–Trinajstić information content (AvgIpc) is 2.55. The van der Waals surface area contributed by atoms with Gasteiger partial charge in [-0.2, -0.15) is 0 Å². The van der Waals surface area contributed by atoms with Gasteiger partial charge in [0, 0.05) is 6.04 Å². The average molecular weight is 297 g/mol. The SMILES string of the molecule is CCCCC(C)NS(=O)(=O)c1sc(Cl)nc1C. The number of aryl methyl sites for hydroxylation is 1. The number of hydrogen-bond donors (Lipinski definition) is 1. The lowest BCUT2D eigenvalue weighted by Crippen LogP contribution is -2.32. The fourth-order valence-corrected chi connectivity index (χ4v) is 4.52. The van der Waals surface area contributed by atoms with Crippen LogP contribution in [0.5, 0.6) is 0 Å². The molecule has 7 heteroatoms. The van der Waals surface area contributed by atoms with Gasteiger partial charge in [0.05, 0.1) is 5.69 Å². The van der Waals surface area contributed by atoms with E-state index in [1.165, 1.54) is 0 Å². The van der Waals surface area contributed by atoms with E-state index in [1.807, 2.05) is 6.92 Å². The van der Waals surface area contributed by atoms with Crippen molar-refractivity contribution in [2.45, 2.75) is 50.3 Å². The van der Waals surface area contributed by atoms with E-state index in [4.69, 9.17) is 11.6 Å². The van der Waals surface area contributed by atoms with Crippen molar-refractivity contribution >= 4 is 33.0 Å². The van der Waals surface area contributed by atoms with Gasteiger partial charge in [0.25, 0.3) is 10.0 Å². The Morgan fingerprint density at radius 2 is 2.18 bits per heavy atom. The molecule has 1 rings (SSSR count).